The molecule has 2 N–H and O–H groups in total. The van der Waals surface area contributed by atoms with Crippen molar-refractivity contribution < 1.29 is 14.6 Å². The van der Waals surface area contributed by atoms with E-state index in [-0.39, 0.29) is 12.6 Å². The van der Waals surface area contributed by atoms with Crippen LogP contribution < -0.4 is 14.8 Å². The number of nitrogens with one attached hydrogen (secondary N) is 1. The third-order valence-corrected chi connectivity index (χ3v) is 3.01. The summed E-state index contributed by atoms with van der Waals surface area (Å²) in [6.45, 7) is 2.71. The Kier molecular flexibility index (Phi) is 5.74. The van der Waals surface area contributed by atoms with Crippen LogP contribution in [0.15, 0.2) is 16.6 Å². The Balaban J connectivity index is 2.84. The first kappa shape index (κ1) is 14.3. The number of halogens is 1. The van der Waals surface area contributed by atoms with E-state index in [4.69, 9.17) is 14.6 Å². The van der Waals surface area contributed by atoms with Crippen molar-refractivity contribution in [2.75, 3.05) is 20.8 Å². The van der Waals surface area contributed by atoms with Crippen molar-refractivity contribution >= 4 is 15.9 Å². The Morgan fingerprint density at radius 1 is 1.35 bits per heavy atom. The van der Waals surface area contributed by atoms with E-state index in [1.54, 1.807) is 14.2 Å². The van der Waals surface area contributed by atoms with Crippen LogP contribution in [-0.2, 0) is 6.54 Å². The predicted octanol–water partition coefficient (Wildman–Crippen LogP) is 1.94. The van der Waals surface area contributed by atoms with Crippen LogP contribution in [0.25, 0.3) is 0 Å². The maximum Gasteiger partial charge on any atom is 0.174 e. The molecule has 0 saturated heterocycles. The number of benzene rings is 1. The number of hydrogen-bond acceptors (Lipinski definition) is 4. The first-order valence-electron chi connectivity index (χ1n) is 5.37. The van der Waals surface area contributed by atoms with Gasteiger partial charge < -0.3 is 19.9 Å². The smallest absolute Gasteiger partial charge is 0.174 e. The summed E-state index contributed by atoms with van der Waals surface area (Å²) in [7, 11) is 3.21. The highest BCUT2D eigenvalue weighted by Crippen LogP contribution is 2.36. The molecule has 0 radical (unpaired) electrons. The van der Waals surface area contributed by atoms with Gasteiger partial charge in [-0.25, -0.2) is 0 Å². The highest BCUT2D eigenvalue weighted by atomic mass is 79.9. The lowest BCUT2D eigenvalue weighted by Crippen LogP contribution is -2.28. The van der Waals surface area contributed by atoms with Gasteiger partial charge in [-0.05, 0) is 40.5 Å². The number of hydrogen-bond donors (Lipinski definition) is 2. The molecule has 0 bridgehead atoms. The largest absolute Gasteiger partial charge is 0.493 e. The molecule has 4 nitrogen and oxygen atoms in total. The molecule has 0 fully saturated rings. The van der Waals surface area contributed by atoms with Crippen molar-refractivity contribution in [2.45, 2.75) is 19.5 Å². The van der Waals surface area contributed by atoms with Crippen LogP contribution >= 0.6 is 15.9 Å². The summed E-state index contributed by atoms with van der Waals surface area (Å²) >= 11 is 3.44. The average Bonchev–Trinajstić information content (AvgIpc) is 2.34. The maximum absolute atomic E-state index is 8.93. The molecule has 1 atom stereocenters. The standard InChI is InChI=1S/C12H18BrNO3/c1-8(7-15)14-6-9-4-10(13)12(17-3)11(5-9)16-2/h4-5,8,14-15H,6-7H2,1-3H3/t8-/m1/s1. The molecule has 0 unspecified atom stereocenters. The molecule has 1 rings (SSSR count). The first-order chi connectivity index (χ1) is 8.12. The molecule has 0 amide bonds. The molecule has 1 aromatic carbocycles. The van der Waals surface area contributed by atoms with Gasteiger partial charge in [-0.1, -0.05) is 0 Å². The lowest BCUT2D eigenvalue weighted by molar-refractivity contribution is 0.251. The molecule has 0 spiro atoms. The summed E-state index contributed by atoms with van der Waals surface area (Å²) in [5.74, 6) is 1.38. The summed E-state index contributed by atoms with van der Waals surface area (Å²) in [6, 6.07) is 3.96. The molecule has 0 aliphatic heterocycles. The van der Waals surface area contributed by atoms with Gasteiger partial charge in [-0.3, -0.25) is 0 Å². The van der Waals surface area contributed by atoms with Crippen LogP contribution in [0.2, 0.25) is 0 Å². The number of ether oxygens (including phenoxy) is 2. The molecule has 17 heavy (non-hydrogen) atoms. The zero-order chi connectivity index (χ0) is 12.8. The minimum absolute atomic E-state index is 0.0712. The van der Waals surface area contributed by atoms with Crippen LogP contribution in [0, 0.1) is 0 Å². The Morgan fingerprint density at radius 2 is 2.06 bits per heavy atom. The van der Waals surface area contributed by atoms with E-state index in [0.717, 1.165) is 10.0 Å². The van der Waals surface area contributed by atoms with Crippen molar-refractivity contribution in [1.82, 2.24) is 5.32 Å². The van der Waals surface area contributed by atoms with Crippen molar-refractivity contribution in [3.8, 4) is 11.5 Å². The van der Waals surface area contributed by atoms with Crippen molar-refractivity contribution in [2.24, 2.45) is 0 Å². The predicted molar refractivity (Wildman–Crippen MR) is 70.6 cm³/mol. The summed E-state index contributed by atoms with van der Waals surface area (Å²) in [5, 5.41) is 12.1. The Labute approximate surface area is 110 Å². The Bertz CT molecular complexity index is 371. The summed E-state index contributed by atoms with van der Waals surface area (Å²) in [5.41, 5.74) is 1.06. The second kappa shape index (κ2) is 6.83. The summed E-state index contributed by atoms with van der Waals surface area (Å²) in [4.78, 5) is 0. The van der Waals surface area contributed by atoms with Crippen LogP contribution in [0.5, 0.6) is 11.5 Å². The van der Waals surface area contributed by atoms with Crippen molar-refractivity contribution in [3.63, 3.8) is 0 Å². The van der Waals surface area contributed by atoms with Crippen LogP contribution in [0.1, 0.15) is 12.5 Å². The lowest BCUT2D eigenvalue weighted by Gasteiger charge is -2.14. The van der Waals surface area contributed by atoms with Gasteiger partial charge in [0.05, 0.1) is 25.3 Å². The van der Waals surface area contributed by atoms with Gasteiger partial charge in [-0.15, -0.1) is 0 Å². The van der Waals surface area contributed by atoms with Crippen molar-refractivity contribution in [3.05, 3.63) is 22.2 Å². The maximum atomic E-state index is 8.93. The number of aliphatic hydroxyl groups excluding tert-OH is 1. The van der Waals surface area contributed by atoms with E-state index in [1.807, 2.05) is 19.1 Å². The molecule has 0 saturated carbocycles. The quantitative estimate of drug-likeness (QED) is 0.843. The van der Waals surface area contributed by atoms with Crippen LogP contribution in [-0.4, -0.2) is 32.0 Å². The van der Waals surface area contributed by atoms with Gasteiger partial charge in [0.25, 0.3) is 0 Å². The van der Waals surface area contributed by atoms with Gasteiger partial charge in [0.2, 0.25) is 0 Å². The van der Waals surface area contributed by atoms with Gasteiger partial charge in [0.1, 0.15) is 0 Å². The molecule has 1 aromatic rings. The normalized spacial score (nSPS) is 12.3. The van der Waals surface area contributed by atoms with Gasteiger partial charge in [0, 0.05) is 12.6 Å². The fourth-order valence-corrected chi connectivity index (χ4v) is 2.08. The van der Waals surface area contributed by atoms with Crippen molar-refractivity contribution in [1.29, 1.82) is 0 Å². The summed E-state index contributed by atoms with van der Waals surface area (Å²) in [6.07, 6.45) is 0. The van der Waals surface area contributed by atoms with Crippen LogP contribution in [0.3, 0.4) is 0 Å². The second-order valence-electron chi connectivity index (χ2n) is 3.78. The van der Waals surface area contributed by atoms with Gasteiger partial charge >= 0.3 is 0 Å². The topological polar surface area (TPSA) is 50.7 Å². The average molecular weight is 304 g/mol. The Morgan fingerprint density at radius 3 is 2.59 bits per heavy atom. The monoisotopic (exact) mass is 303 g/mol. The Hall–Kier alpha value is -0.780. The lowest BCUT2D eigenvalue weighted by atomic mass is 10.2. The fraction of sp³-hybridized carbons (Fsp3) is 0.500. The van der Waals surface area contributed by atoms with E-state index in [0.29, 0.717) is 18.0 Å². The molecule has 5 heteroatoms. The van der Waals surface area contributed by atoms with Gasteiger partial charge in [-0.2, -0.15) is 0 Å². The first-order valence-corrected chi connectivity index (χ1v) is 6.16. The zero-order valence-corrected chi connectivity index (χ0v) is 11.9. The molecule has 0 heterocycles. The SMILES string of the molecule is COc1cc(CN[C@H](C)CO)cc(Br)c1OC. The van der Waals surface area contributed by atoms with E-state index in [1.165, 1.54) is 0 Å². The highest BCUT2D eigenvalue weighted by molar-refractivity contribution is 9.10. The van der Waals surface area contributed by atoms with E-state index in [2.05, 4.69) is 21.2 Å². The number of methoxy groups -OCH3 is 2. The number of aliphatic hydroxyl groups is 1. The molecular weight excluding hydrogens is 286 g/mol. The molecule has 0 aromatic heterocycles. The van der Waals surface area contributed by atoms with E-state index >= 15 is 0 Å². The molecular formula is C12H18BrNO3. The molecule has 0 aliphatic rings. The fourth-order valence-electron chi connectivity index (χ4n) is 1.43. The number of rotatable bonds is 6. The highest BCUT2D eigenvalue weighted by Gasteiger charge is 2.10. The summed E-state index contributed by atoms with van der Waals surface area (Å²) < 4.78 is 11.3. The zero-order valence-electron chi connectivity index (χ0n) is 10.3. The minimum atomic E-state index is 0.0712. The molecule has 0 aliphatic carbocycles. The second-order valence-corrected chi connectivity index (χ2v) is 4.63. The third kappa shape index (κ3) is 3.87. The van der Waals surface area contributed by atoms with Gasteiger partial charge in [0.15, 0.2) is 11.5 Å². The van der Waals surface area contributed by atoms with E-state index in [9.17, 15) is 0 Å². The third-order valence-electron chi connectivity index (χ3n) is 2.42. The molecule has 96 valence electrons. The van der Waals surface area contributed by atoms with E-state index < -0.39 is 0 Å². The van der Waals surface area contributed by atoms with Crippen LogP contribution in [0.4, 0.5) is 0 Å². The minimum Gasteiger partial charge on any atom is -0.493 e.